The molecule has 0 aromatic carbocycles. The number of hydrogen-bond acceptors (Lipinski definition) is 5. The van der Waals surface area contributed by atoms with Crippen LogP contribution in [0.1, 0.15) is 63.3 Å². The van der Waals surface area contributed by atoms with Crippen LogP contribution in [0.3, 0.4) is 0 Å². The van der Waals surface area contributed by atoms with Crippen LogP contribution in [0.15, 0.2) is 10.4 Å². The highest BCUT2D eigenvalue weighted by atomic mass is 32.1. The standard InChI is InChI=1S/C20H35N5O2S/c1-6-17(25-12-8-9-18(25)26)10-11-22-20(21-7-2)24(4)13-16-14-28-19(23-16)15(3)27-5/h14-15,17H,6-13H2,1-5H3,(H,21,22). The zero-order chi connectivity index (χ0) is 20.5. The molecule has 1 amide bonds. The lowest BCUT2D eigenvalue weighted by molar-refractivity contribution is -0.129. The third-order valence-corrected chi connectivity index (χ3v) is 6.17. The number of rotatable bonds is 10. The van der Waals surface area contributed by atoms with Gasteiger partial charge in [-0.2, -0.15) is 0 Å². The molecule has 0 aliphatic carbocycles. The molecule has 1 aromatic heterocycles. The summed E-state index contributed by atoms with van der Waals surface area (Å²) in [5.74, 6) is 1.17. The Kier molecular flexibility index (Phi) is 9.18. The summed E-state index contributed by atoms with van der Waals surface area (Å²) in [7, 11) is 3.73. The van der Waals surface area contributed by atoms with Crippen LogP contribution in [-0.2, 0) is 16.1 Å². The van der Waals surface area contributed by atoms with Crippen molar-refractivity contribution in [2.24, 2.45) is 4.99 Å². The number of guanidine groups is 1. The Morgan fingerprint density at radius 3 is 2.89 bits per heavy atom. The van der Waals surface area contributed by atoms with Gasteiger partial charge in [0.15, 0.2) is 5.96 Å². The number of methoxy groups -OCH3 is 1. The molecule has 0 radical (unpaired) electrons. The molecule has 1 N–H and O–H groups in total. The molecule has 28 heavy (non-hydrogen) atoms. The van der Waals surface area contributed by atoms with E-state index in [0.717, 1.165) is 49.0 Å². The van der Waals surface area contributed by atoms with Crippen LogP contribution in [0.5, 0.6) is 0 Å². The predicted octanol–water partition coefficient (Wildman–Crippen LogP) is 3.04. The highest BCUT2D eigenvalue weighted by Crippen LogP contribution is 2.21. The number of thiazole rings is 1. The van der Waals surface area contributed by atoms with E-state index < -0.39 is 0 Å². The van der Waals surface area contributed by atoms with Crippen molar-refractivity contribution in [1.82, 2.24) is 20.1 Å². The summed E-state index contributed by atoms with van der Waals surface area (Å²) < 4.78 is 5.35. The van der Waals surface area contributed by atoms with Gasteiger partial charge in [0, 0.05) is 51.6 Å². The van der Waals surface area contributed by atoms with Crippen LogP contribution in [0.2, 0.25) is 0 Å². The molecule has 1 aliphatic heterocycles. The summed E-state index contributed by atoms with van der Waals surface area (Å²) >= 11 is 1.63. The average Bonchev–Trinajstić information content (AvgIpc) is 3.33. The highest BCUT2D eigenvalue weighted by Gasteiger charge is 2.26. The third kappa shape index (κ3) is 6.17. The fraction of sp³-hybridized carbons (Fsp3) is 0.750. The SMILES string of the molecule is CCNC(=NCCC(CC)N1CCCC1=O)N(C)Cc1csc(C(C)OC)n1. The summed E-state index contributed by atoms with van der Waals surface area (Å²) in [4.78, 5) is 25.6. The molecule has 1 aromatic rings. The largest absolute Gasteiger partial charge is 0.375 e. The van der Waals surface area contributed by atoms with Gasteiger partial charge >= 0.3 is 0 Å². The van der Waals surface area contributed by atoms with Crippen LogP contribution in [0, 0.1) is 0 Å². The van der Waals surface area contributed by atoms with E-state index in [-0.39, 0.29) is 6.10 Å². The number of carbonyl (C=O) groups is 1. The van der Waals surface area contributed by atoms with E-state index in [1.165, 1.54) is 0 Å². The number of carbonyl (C=O) groups excluding carboxylic acids is 1. The first-order chi connectivity index (χ1) is 13.5. The summed E-state index contributed by atoms with van der Waals surface area (Å²) in [6.45, 7) is 9.34. The zero-order valence-electron chi connectivity index (χ0n) is 17.9. The average molecular weight is 410 g/mol. The fourth-order valence-corrected chi connectivity index (χ4v) is 4.27. The van der Waals surface area contributed by atoms with Gasteiger partial charge in [-0.1, -0.05) is 6.92 Å². The smallest absolute Gasteiger partial charge is 0.222 e. The van der Waals surface area contributed by atoms with Crippen molar-refractivity contribution in [1.29, 1.82) is 0 Å². The van der Waals surface area contributed by atoms with Gasteiger partial charge in [-0.3, -0.25) is 9.79 Å². The molecule has 158 valence electrons. The lowest BCUT2D eigenvalue weighted by Crippen LogP contribution is -2.39. The van der Waals surface area contributed by atoms with Crippen molar-refractivity contribution < 1.29 is 9.53 Å². The molecule has 7 nitrogen and oxygen atoms in total. The van der Waals surface area contributed by atoms with Crippen molar-refractivity contribution in [2.75, 3.05) is 33.8 Å². The van der Waals surface area contributed by atoms with E-state index in [4.69, 9.17) is 9.73 Å². The third-order valence-electron chi connectivity index (χ3n) is 5.11. The lowest BCUT2D eigenvalue weighted by Gasteiger charge is -2.27. The van der Waals surface area contributed by atoms with Gasteiger partial charge in [0.25, 0.3) is 0 Å². The fourth-order valence-electron chi connectivity index (χ4n) is 3.43. The van der Waals surface area contributed by atoms with Crippen LogP contribution >= 0.6 is 11.3 Å². The molecule has 0 spiro atoms. The number of ether oxygens (including phenoxy) is 1. The molecule has 2 unspecified atom stereocenters. The van der Waals surface area contributed by atoms with Crippen molar-refractivity contribution >= 4 is 23.2 Å². The molecule has 0 saturated carbocycles. The minimum Gasteiger partial charge on any atom is -0.375 e. The van der Waals surface area contributed by atoms with Gasteiger partial charge in [0.1, 0.15) is 11.1 Å². The van der Waals surface area contributed by atoms with Crippen molar-refractivity contribution in [3.05, 3.63) is 16.1 Å². The van der Waals surface area contributed by atoms with E-state index >= 15 is 0 Å². The van der Waals surface area contributed by atoms with Crippen molar-refractivity contribution in [3.63, 3.8) is 0 Å². The van der Waals surface area contributed by atoms with Crippen molar-refractivity contribution in [3.8, 4) is 0 Å². The Balaban J connectivity index is 1.94. The van der Waals surface area contributed by atoms with Gasteiger partial charge in [0.2, 0.25) is 5.91 Å². The Morgan fingerprint density at radius 2 is 2.29 bits per heavy atom. The summed E-state index contributed by atoms with van der Waals surface area (Å²) in [5, 5.41) is 6.43. The Hall–Kier alpha value is -1.67. The first-order valence-corrected chi connectivity index (χ1v) is 11.1. The molecular weight excluding hydrogens is 374 g/mol. The normalized spacial score (nSPS) is 17.1. The summed E-state index contributed by atoms with van der Waals surface area (Å²) in [5.41, 5.74) is 1.02. The number of nitrogens with zero attached hydrogens (tertiary/aromatic N) is 4. The highest BCUT2D eigenvalue weighted by molar-refractivity contribution is 7.09. The molecule has 1 saturated heterocycles. The molecule has 8 heteroatoms. The Bertz CT molecular complexity index is 648. The summed E-state index contributed by atoms with van der Waals surface area (Å²) in [6, 6.07) is 0.295. The topological polar surface area (TPSA) is 70.1 Å². The molecule has 0 bridgehead atoms. The van der Waals surface area contributed by atoms with Crippen LogP contribution in [0.25, 0.3) is 0 Å². The molecule has 1 fully saturated rings. The minimum atomic E-state index is 0.0187. The molecule has 1 aliphatic rings. The second kappa shape index (κ2) is 11.4. The predicted molar refractivity (Wildman–Crippen MR) is 115 cm³/mol. The molecule has 2 atom stereocenters. The van der Waals surface area contributed by atoms with Crippen molar-refractivity contribution in [2.45, 2.75) is 65.1 Å². The Labute approximate surface area is 173 Å². The van der Waals surface area contributed by atoms with E-state index in [0.29, 0.717) is 31.5 Å². The second-order valence-corrected chi connectivity index (χ2v) is 8.08. The van der Waals surface area contributed by atoms with E-state index in [2.05, 4.69) is 34.4 Å². The second-order valence-electron chi connectivity index (χ2n) is 7.19. The number of aliphatic imine (C=N–C) groups is 1. The number of likely N-dealkylation sites (tertiary alicyclic amines) is 1. The van der Waals surface area contributed by atoms with E-state index in [9.17, 15) is 4.79 Å². The van der Waals surface area contributed by atoms with Gasteiger partial charge in [-0.15, -0.1) is 11.3 Å². The molecule has 2 rings (SSSR count). The summed E-state index contributed by atoms with van der Waals surface area (Å²) in [6.07, 6.45) is 3.58. The van der Waals surface area contributed by atoms with Crippen LogP contribution in [-0.4, -0.2) is 66.5 Å². The lowest BCUT2D eigenvalue weighted by atomic mass is 10.1. The number of hydrogen-bond donors (Lipinski definition) is 1. The van der Waals surface area contributed by atoms with Gasteiger partial charge < -0.3 is 19.9 Å². The van der Waals surface area contributed by atoms with Crippen LogP contribution in [0.4, 0.5) is 0 Å². The first kappa shape index (κ1) is 22.6. The number of amides is 1. The maximum Gasteiger partial charge on any atom is 0.222 e. The maximum atomic E-state index is 12.0. The molecular formula is C20H35N5O2S. The maximum absolute atomic E-state index is 12.0. The van der Waals surface area contributed by atoms with E-state index in [1.807, 2.05) is 18.9 Å². The van der Waals surface area contributed by atoms with E-state index in [1.54, 1.807) is 18.4 Å². The van der Waals surface area contributed by atoms with Gasteiger partial charge in [-0.25, -0.2) is 4.98 Å². The van der Waals surface area contributed by atoms with Gasteiger partial charge in [-0.05, 0) is 33.1 Å². The molecule has 2 heterocycles. The van der Waals surface area contributed by atoms with Crippen LogP contribution < -0.4 is 5.32 Å². The zero-order valence-corrected chi connectivity index (χ0v) is 18.7. The number of aromatic nitrogens is 1. The Morgan fingerprint density at radius 1 is 1.50 bits per heavy atom. The first-order valence-electron chi connectivity index (χ1n) is 10.3. The number of nitrogens with one attached hydrogen (secondary N) is 1. The monoisotopic (exact) mass is 409 g/mol. The quantitative estimate of drug-likeness (QED) is 0.475. The van der Waals surface area contributed by atoms with Gasteiger partial charge in [0.05, 0.1) is 12.2 Å². The minimum absolute atomic E-state index is 0.0187.